The molecule has 1 N–H and O–H groups in total. The Hall–Kier alpha value is -3.64. The van der Waals surface area contributed by atoms with Gasteiger partial charge in [-0.05, 0) is 91.9 Å². The van der Waals surface area contributed by atoms with Crippen LogP contribution in [0.2, 0.25) is 0 Å². The van der Waals surface area contributed by atoms with Gasteiger partial charge in [-0.25, -0.2) is 9.78 Å². The highest BCUT2D eigenvalue weighted by Gasteiger charge is 2.42. The maximum Gasteiger partial charge on any atom is 0.217 e. The van der Waals surface area contributed by atoms with Crippen LogP contribution in [-0.4, -0.2) is 79.7 Å². The Morgan fingerprint density at radius 1 is 0.623 bits per heavy atom. The van der Waals surface area contributed by atoms with Crippen molar-refractivity contribution in [3.8, 4) is 0 Å². The van der Waals surface area contributed by atoms with Crippen molar-refractivity contribution >= 4 is 0 Å². The molecule has 0 spiro atoms. The first-order valence-corrected chi connectivity index (χ1v) is 22.1. The second-order valence-electron chi connectivity index (χ2n) is 18.0. The summed E-state index contributed by atoms with van der Waals surface area (Å²) in [5, 5.41) is 20.6. The fourth-order valence-corrected chi connectivity index (χ4v) is 7.32. The minimum atomic E-state index is -0.526. The Kier molecular flexibility index (Phi) is 17.4. The van der Waals surface area contributed by atoms with E-state index in [0.29, 0.717) is 51.4 Å². The molecular weight excluding hydrogens is 779 g/mol. The largest absolute Gasteiger partial charge is 0.374 e. The molecule has 2 saturated heterocycles. The van der Waals surface area contributed by atoms with Gasteiger partial charge in [0.2, 0.25) is 12.6 Å². The molecular formula is C46H69N7O8. The van der Waals surface area contributed by atoms with Crippen molar-refractivity contribution in [2.45, 2.75) is 156 Å². The summed E-state index contributed by atoms with van der Waals surface area (Å²) in [4.78, 5) is 22.8. The van der Waals surface area contributed by atoms with Crippen LogP contribution in [-0.2, 0) is 64.8 Å². The maximum absolute atomic E-state index is 6.37. The molecule has 61 heavy (non-hydrogen) atoms. The van der Waals surface area contributed by atoms with E-state index in [2.05, 4.69) is 77.9 Å². The molecule has 4 aromatic rings. The second-order valence-corrected chi connectivity index (χ2v) is 18.0. The summed E-state index contributed by atoms with van der Waals surface area (Å²) in [5.41, 5.74) is 4.91. The zero-order chi connectivity index (χ0) is 43.2. The van der Waals surface area contributed by atoms with E-state index in [9.17, 15) is 0 Å². The lowest BCUT2D eigenvalue weighted by Gasteiger charge is -2.41. The summed E-state index contributed by atoms with van der Waals surface area (Å²) in [5.74, 6) is 0.955. The van der Waals surface area contributed by atoms with Crippen LogP contribution >= 0.6 is 0 Å². The van der Waals surface area contributed by atoms with Gasteiger partial charge in [-0.1, -0.05) is 83.9 Å². The molecule has 2 aliphatic heterocycles. The molecule has 0 aliphatic carbocycles. The molecule has 2 aromatic carbocycles. The van der Waals surface area contributed by atoms with Crippen LogP contribution in [0.4, 0.5) is 0 Å². The molecule has 15 heteroatoms. The lowest BCUT2D eigenvalue weighted by Crippen LogP contribution is -2.46. The third-order valence-electron chi connectivity index (χ3n) is 11.6. The first-order valence-electron chi connectivity index (χ1n) is 22.1. The fourth-order valence-electron chi connectivity index (χ4n) is 7.32. The minimum Gasteiger partial charge on any atom is -0.374 e. The van der Waals surface area contributed by atoms with Crippen LogP contribution in [0.3, 0.4) is 0 Å². The number of nitrogens with zero attached hydrogens (tertiary/aromatic N) is 6. The average Bonchev–Trinajstić information content (AvgIpc) is 3.90. The van der Waals surface area contributed by atoms with Gasteiger partial charge in [-0.2, -0.15) is 9.78 Å². The predicted octanol–water partition coefficient (Wildman–Crippen LogP) is 8.07. The van der Waals surface area contributed by atoms with Crippen LogP contribution in [0.15, 0.2) is 60.9 Å². The zero-order valence-corrected chi connectivity index (χ0v) is 37.6. The van der Waals surface area contributed by atoms with E-state index < -0.39 is 23.8 Å². The summed E-state index contributed by atoms with van der Waals surface area (Å²) in [6.07, 6.45) is 8.47. The summed E-state index contributed by atoms with van der Waals surface area (Å²) in [6, 6.07) is 16.3. The highest BCUT2D eigenvalue weighted by Crippen LogP contribution is 2.38. The topological polar surface area (TPSA) is 147 Å². The molecule has 6 unspecified atom stereocenters. The van der Waals surface area contributed by atoms with E-state index in [0.717, 1.165) is 74.1 Å². The normalized spacial score (nSPS) is 22.3. The molecule has 6 rings (SSSR count). The monoisotopic (exact) mass is 848 g/mol. The van der Waals surface area contributed by atoms with Gasteiger partial charge in [-0.3, -0.25) is 9.36 Å². The Bertz CT molecular complexity index is 1730. The maximum atomic E-state index is 6.37. The first-order chi connectivity index (χ1) is 29.3. The van der Waals surface area contributed by atoms with Gasteiger partial charge < -0.3 is 24.3 Å². The van der Waals surface area contributed by atoms with Crippen LogP contribution < -0.4 is 5.32 Å². The molecule has 0 radical (unpaired) electrons. The van der Waals surface area contributed by atoms with E-state index in [1.54, 1.807) is 0 Å². The van der Waals surface area contributed by atoms with Gasteiger partial charge in [0.05, 0.1) is 51.0 Å². The van der Waals surface area contributed by atoms with Gasteiger partial charge in [0.25, 0.3) is 0 Å². The number of hydrogen-bond donors (Lipinski definition) is 1. The van der Waals surface area contributed by atoms with Crippen LogP contribution in [0.5, 0.6) is 0 Å². The van der Waals surface area contributed by atoms with Gasteiger partial charge in [0, 0.05) is 37.3 Å². The highest BCUT2D eigenvalue weighted by molar-refractivity contribution is 5.23. The molecule has 6 atom stereocenters. The molecule has 4 heterocycles. The number of rotatable bonds is 24. The summed E-state index contributed by atoms with van der Waals surface area (Å²) in [7, 11) is 0. The molecule has 336 valence electrons. The SMILES string of the molecule is Cc1ccc(C2OOC(C)(C)C(CCC(C)CCn3cc(COCCNCCOCc4cn(CCC(C)CCC5OC(c6ccc(C)cc6)OOC5(C)C)nn4)nn3)O2)cc1. The summed E-state index contributed by atoms with van der Waals surface area (Å²) in [6.45, 7) is 21.7. The summed E-state index contributed by atoms with van der Waals surface area (Å²) < 4.78 is 28.2. The molecule has 2 aliphatic rings. The number of hydrogen-bond acceptors (Lipinski definition) is 13. The number of aromatic nitrogens is 6. The van der Waals surface area contributed by atoms with E-state index >= 15 is 0 Å². The Labute approximate surface area is 361 Å². The summed E-state index contributed by atoms with van der Waals surface area (Å²) >= 11 is 0. The van der Waals surface area contributed by atoms with E-state index in [4.69, 9.17) is 38.5 Å². The van der Waals surface area contributed by atoms with Crippen molar-refractivity contribution in [2.24, 2.45) is 11.8 Å². The third kappa shape index (κ3) is 14.7. The lowest BCUT2D eigenvalue weighted by atomic mass is 9.92. The van der Waals surface area contributed by atoms with Crippen molar-refractivity contribution in [1.82, 2.24) is 35.3 Å². The van der Waals surface area contributed by atoms with Gasteiger partial charge in [0.15, 0.2) is 0 Å². The van der Waals surface area contributed by atoms with Crippen molar-refractivity contribution in [3.63, 3.8) is 0 Å². The molecule has 0 bridgehead atoms. The second kappa shape index (κ2) is 22.6. The van der Waals surface area contributed by atoms with E-state index in [1.165, 1.54) is 11.1 Å². The molecule has 2 aromatic heterocycles. The van der Waals surface area contributed by atoms with E-state index in [1.807, 2.05) is 73.7 Å². The lowest BCUT2D eigenvalue weighted by molar-refractivity contribution is -0.487. The van der Waals surface area contributed by atoms with Crippen molar-refractivity contribution in [3.05, 3.63) is 94.6 Å². The van der Waals surface area contributed by atoms with Gasteiger partial charge in [-0.15, -0.1) is 10.2 Å². The Morgan fingerprint density at radius 2 is 1.03 bits per heavy atom. The standard InChI is InChI=1S/C46H69N7O8/c1-33-9-15-37(16-10-33)43-56-41(45(5,6)60-58-43)19-13-35(3)21-25-52-29-39(48-50-52)31-54-27-23-47-24-28-55-32-40-30-53(51-49-40)26-22-36(4)14-20-42-46(7,8)61-59-44(57-42)38-17-11-34(2)12-18-38/h9-12,15-18,29-30,35-36,41-44,47H,13-14,19-28,31-32H2,1-8H3. The number of aryl methyl sites for hydroxylation is 4. The zero-order valence-electron chi connectivity index (χ0n) is 37.6. The minimum absolute atomic E-state index is 0.0777. The van der Waals surface area contributed by atoms with Gasteiger partial charge >= 0.3 is 0 Å². The molecule has 15 nitrogen and oxygen atoms in total. The Morgan fingerprint density at radius 3 is 1.44 bits per heavy atom. The first kappa shape index (κ1) is 46.9. The van der Waals surface area contributed by atoms with E-state index in [-0.39, 0.29) is 12.2 Å². The molecule has 0 amide bonds. The number of ether oxygens (including phenoxy) is 4. The predicted molar refractivity (Wildman–Crippen MR) is 228 cm³/mol. The smallest absolute Gasteiger partial charge is 0.217 e. The Balaban J connectivity index is 0.767. The fraction of sp³-hybridized carbons (Fsp3) is 0.652. The molecule has 2 fully saturated rings. The van der Waals surface area contributed by atoms with Crippen LogP contribution in [0, 0.1) is 25.7 Å². The number of benzene rings is 2. The highest BCUT2D eigenvalue weighted by atomic mass is 17.2. The quantitative estimate of drug-likeness (QED) is 0.0536. The van der Waals surface area contributed by atoms with Crippen molar-refractivity contribution in [2.75, 3.05) is 26.3 Å². The van der Waals surface area contributed by atoms with Crippen molar-refractivity contribution in [1.29, 1.82) is 0 Å². The molecule has 0 saturated carbocycles. The van der Waals surface area contributed by atoms with Crippen LogP contribution in [0.1, 0.15) is 126 Å². The average molecular weight is 848 g/mol. The van der Waals surface area contributed by atoms with Crippen molar-refractivity contribution < 1.29 is 38.5 Å². The number of nitrogens with one attached hydrogen (secondary N) is 1. The third-order valence-corrected chi connectivity index (χ3v) is 11.6. The van der Waals surface area contributed by atoms with Crippen LogP contribution in [0.25, 0.3) is 0 Å². The van der Waals surface area contributed by atoms with Gasteiger partial charge in [0.1, 0.15) is 22.6 Å².